The number of halogens is 1. The lowest BCUT2D eigenvalue weighted by atomic mass is 10.1. The van der Waals surface area contributed by atoms with Crippen molar-refractivity contribution in [2.24, 2.45) is 0 Å². The van der Waals surface area contributed by atoms with Crippen LogP contribution in [-0.2, 0) is 11.2 Å². The maximum atomic E-state index is 11.8. The van der Waals surface area contributed by atoms with Crippen LogP contribution in [0.5, 0.6) is 0 Å². The van der Waals surface area contributed by atoms with Crippen molar-refractivity contribution in [3.8, 4) is 0 Å². The van der Waals surface area contributed by atoms with Crippen molar-refractivity contribution in [2.45, 2.75) is 6.42 Å². The molecular formula is C14H15ClN4O. The molecule has 0 unspecified atom stereocenters. The zero-order valence-corrected chi connectivity index (χ0v) is 11.6. The third-order valence-corrected chi connectivity index (χ3v) is 2.99. The number of anilines is 1. The molecule has 0 saturated carbocycles. The highest BCUT2D eigenvalue weighted by Gasteiger charge is 2.05. The fourth-order valence-electron chi connectivity index (χ4n) is 1.66. The molecule has 0 aliphatic carbocycles. The molecule has 104 valence electrons. The Kier molecular flexibility index (Phi) is 5.32. The summed E-state index contributed by atoms with van der Waals surface area (Å²) >= 11 is 6.00. The van der Waals surface area contributed by atoms with Crippen molar-refractivity contribution in [1.82, 2.24) is 15.3 Å². The Morgan fingerprint density at radius 1 is 1.20 bits per heavy atom. The van der Waals surface area contributed by atoms with Gasteiger partial charge in [-0.2, -0.15) is 0 Å². The average Bonchev–Trinajstić information content (AvgIpc) is 2.47. The first-order valence-electron chi connectivity index (χ1n) is 6.25. The first-order valence-corrected chi connectivity index (χ1v) is 6.63. The van der Waals surface area contributed by atoms with E-state index in [9.17, 15) is 4.79 Å². The summed E-state index contributed by atoms with van der Waals surface area (Å²) in [7, 11) is 0. The van der Waals surface area contributed by atoms with E-state index in [-0.39, 0.29) is 12.3 Å². The van der Waals surface area contributed by atoms with E-state index in [0.717, 1.165) is 5.56 Å². The number of benzene rings is 1. The van der Waals surface area contributed by atoms with E-state index in [1.54, 1.807) is 24.7 Å². The van der Waals surface area contributed by atoms with Gasteiger partial charge in [0.1, 0.15) is 5.82 Å². The Morgan fingerprint density at radius 2 is 2.05 bits per heavy atom. The Morgan fingerprint density at radius 3 is 2.80 bits per heavy atom. The second-order valence-electron chi connectivity index (χ2n) is 4.14. The Hall–Kier alpha value is -2.14. The second-order valence-corrected chi connectivity index (χ2v) is 4.54. The summed E-state index contributed by atoms with van der Waals surface area (Å²) in [5.41, 5.74) is 0.827. The smallest absolute Gasteiger partial charge is 0.224 e. The molecule has 1 heterocycles. The molecule has 1 aromatic heterocycles. The summed E-state index contributed by atoms with van der Waals surface area (Å²) in [6, 6.07) is 7.33. The van der Waals surface area contributed by atoms with Gasteiger partial charge in [0, 0.05) is 30.5 Å². The summed E-state index contributed by atoms with van der Waals surface area (Å²) in [4.78, 5) is 19.8. The Balaban J connectivity index is 1.69. The van der Waals surface area contributed by atoms with E-state index >= 15 is 0 Å². The van der Waals surface area contributed by atoms with Crippen LogP contribution in [0.3, 0.4) is 0 Å². The van der Waals surface area contributed by atoms with E-state index < -0.39 is 0 Å². The molecule has 1 aromatic carbocycles. The fourth-order valence-corrected chi connectivity index (χ4v) is 1.86. The Labute approximate surface area is 122 Å². The van der Waals surface area contributed by atoms with Crippen molar-refractivity contribution in [3.63, 3.8) is 0 Å². The van der Waals surface area contributed by atoms with E-state index in [1.807, 2.05) is 18.2 Å². The van der Waals surface area contributed by atoms with Crippen LogP contribution in [0.15, 0.2) is 42.9 Å². The number of carbonyl (C=O) groups excluding carboxylic acids is 1. The van der Waals surface area contributed by atoms with Crippen LogP contribution >= 0.6 is 11.6 Å². The van der Waals surface area contributed by atoms with Gasteiger partial charge in [-0.05, 0) is 11.6 Å². The normalized spacial score (nSPS) is 10.1. The van der Waals surface area contributed by atoms with Gasteiger partial charge in [-0.25, -0.2) is 4.98 Å². The third kappa shape index (κ3) is 4.51. The van der Waals surface area contributed by atoms with Crippen LogP contribution in [0, 0.1) is 0 Å². The monoisotopic (exact) mass is 290 g/mol. The van der Waals surface area contributed by atoms with E-state index in [1.165, 1.54) is 0 Å². The summed E-state index contributed by atoms with van der Waals surface area (Å²) in [6.07, 6.45) is 5.13. The third-order valence-electron chi connectivity index (χ3n) is 2.63. The van der Waals surface area contributed by atoms with Crippen LogP contribution in [0.2, 0.25) is 5.02 Å². The summed E-state index contributed by atoms with van der Waals surface area (Å²) < 4.78 is 0. The average molecular weight is 291 g/mol. The van der Waals surface area contributed by atoms with Gasteiger partial charge in [-0.15, -0.1) is 0 Å². The first-order chi connectivity index (χ1) is 9.75. The first kappa shape index (κ1) is 14.3. The van der Waals surface area contributed by atoms with Crippen molar-refractivity contribution in [1.29, 1.82) is 0 Å². The van der Waals surface area contributed by atoms with Crippen molar-refractivity contribution >= 4 is 23.3 Å². The number of nitrogens with zero attached hydrogens (tertiary/aromatic N) is 2. The molecule has 0 fully saturated rings. The van der Waals surface area contributed by atoms with Crippen LogP contribution in [-0.4, -0.2) is 29.0 Å². The van der Waals surface area contributed by atoms with Crippen molar-refractivity contribution in [2.75, 3.05) is 18.4 Å². The maximum Gasteiger partial charge on any atom is 0.224 e. The molecule has 0 atom stereocenters. The fraction of sp³-hybridized carbons (Fsp3) is 0.214. The SMILES string of the molecule is O=C(Cc1ccccc1Cl)NCCNc1cnccn1. The number of nitrogens with one attached hydrogen (secondary N) is 2. The molecular weight excluding hydrogens is 276 g/mol. The minimum Gasteiger partial charge on any atom is -0.367 e. The molecule has 20 heavy (non-hydrogen) atoms. The molecule has 0 saturated heterocycles. The van der Waals surface area contributed by atoms with Crippen molar-refractivity contribution < 1.29 is 4.79 Å². The molecule has 0 aliphatic rings. The van der Waals surface area contributed by atoms with Gasteiger partial charge < -0.3 is 10.6 Å². The molecule has 0 bridgehead atoms. The number of hydrogen-bond donors (Lipinski definition) is 2. The molecule has 5 nitrogen and oxygen atoms in total. The number of amides is 1. The molecule has 6 heteroatoms. The molecule has 2 aromatic rings. The zero-order chi connectivity index (χ0) is 14.2. The summed E-state index contributed by atoms with van der Waals surface area (Å²) in [6.45, 7) is 1.10. The van der Waals surface area contributed by atoms with Gasteiger partial charge in [0.05, 0.1) is 12.6 Å². The largest absolute Gasteiger partial charge is 0.367 e. The highest BCUT2D eigenvalue weighted by Crippen LogP contribution is 2.15. The van der Waals surface area contributed by atoms with Crippen molar-refractivity contribution in [3.05, 3.63) is 53.4 Å². The zero-order valence-electron chi connectivity index (χ0n) is 10.8. The lowest BCUT2D eigenvalue weighted by molar-refractivity contribution is -0.120. The van der Waals surface area contributed by atoms with E-state index in [4.69, 9.17) is 11.6 Å². The van der Waals surface area contributed by atoms with Gasteiger partial charge in [0.15, 0.2) is 0 Å². The minimum absolute atomic E-state index is 0.0564. The van der Waals surface area contributed by atoms with Gasteiger partial charge in [-0.3, -0.25) is 9.78 Å². The van der Waals surface area contributed by atoms with Gasteiger partial charge >= 0.3 is 0 Å². The number of hydrogen-bond acceptors (Lipinski definition) is 4. The van der Waals surface area contributed by atoms with Gasteiger partial charge in [0.2, 0.25) is 5.91 Å². The highest BCUT2D eigenvalue weighted by molar-refractivity contribution is 6.31. The van der Waals surface area contributed by atoms with E-state index in [0.29, 0.717) is 23.9 Å². The molecule has 2 N–H and O–H groups in total. The summed E-state index contributed by atoms with van der Waals surface area (Å²) in [5, 5.41) is 6.49. The number of aromatic nitrogens is 2. The van der Waals surface area contributed by atoms with Gasteiger partial charge in [0.25, 0.3) is 0 Å². The number of rotatable bonds is 6. The molecule has 2 rings (SSSR count). The summed E-state index contributed by atoms with van der Waals surface area (Å²) in [5.74, 6) is 0.631. The lowest BCUT2D eigenvalue weighted by Gasteiger charge is -2.07. The van der Waals surface area contributed by atoms with Crippen LogP contribution in [0.25, 0.3) is 0 Å². The lowest BCUT2D eigenvalue weighted by Crippen LogP contribution is -2.30. The quantitative estimate of drug-likeness (QED) is 0.798. The Bertz CT molecular complexity index is 562. The molecule has 0 spiro atoms. The highest BCUT2D eigenvalue weighted by atomic mass is 35.5. The number of carbonyl (C=O) groups is 1. The predicted octanol–water partition coefficient (Wildman–Crippen LogP) is 1.90. The van der Waals surface area contributed by atoms with Crippen LogP contribution in [0.1, 0.15) is 5.56 Å². The van der Waals surface area contributed by atoms with Crippen LogP contribution in [0.4, 0.5) is 5.82 Å². The maximum absolute atomic E-state index is 11.8. The molecule has 0 radical (unpaired) electrons. The topological polar surface area (TPSA) is 66.9 Å². The second kappa shape index (κ2) is 7.45. The van der Waals surface area contributed by atoms with E-state index in [2.05, 4.69) is 20.6 Å². The van der Waals surface area contributed by atoms with Gasteiger partial charge in [-0.1, -0.05) is 29.8 Å². The molecule has 0 aliphatic heterocycles. The standard InChI is InChI=1S/C14H15ClN4O/c15-12-4-2-1-3-11(12)9-14(20)19-8-7-18-13-10-16-5-6-17-13/h1-6,10H,7-9H2,(H,17,18)(H,19,20). The molecule has 1 amide bonds. The minimum atomic E-state index is -0.0564. The predicted molar refractivity (Wildman–Crippen MR) is 78.7 cm³/mol. The van der Waals surface area contributed by atoms with Crippen LogP contribution < -0.4 is 10.6 Å².